The molecule has 1 unspecified atom stereocenters. The number of hydrogen-bond donors (Lipinski definition) is 3. The molecule has 2 aromatic rings. The Morgan fingerprint density at radius 1 is 1.17 bits per heavy atom. The maximum atomic E-state index is 13.1. The van der Waals surface area contributed by atoms with E-state index in [9.17, 15) is 9.18 Å². The fourth-order valence-corrected chi connectivity index (χ4v) is 2.17. The number of nitrogens with one attached hydrogen (secondary N) is 2. The van der Waals surface area contributed by atoms with Crippen molar-refractivity contribution < 1.29 is 9.18 Å². The Balaban J connectivity index is 1.79. The minimum absolute atomic E-state index is 0.225. The van der Waals surface area contributed by atoms with Gasteiger partial charge in [-0.05, 0) is 55.3 Å². The van der Waals surface area contributed by atoms with Crippen LogP contribution in [-0.4, -0.2) is 18.5 Å². The first kappa shape index (κ1) is 17.0. The number of halogens is 1. The number of hydrogen-bond acceptors (Lipinski definition) is 3. The Morgan fingerprint density at radius 2 is 1.91 bits per heavy atom. The number of carbonyl (C=O) groups excluding carboxylic acids is 1. The fourth-order valence-electron chi connectivity index (χ4n) is 2.17. The molecule has 0 fully saturated rings. The Labute approximate surface area is 135 Å². The molecule has 0 aliphatic carbocycles. The molecule has 5 heteroatoms. The molecule has 0 aliphatic heterocycles. The summed E-state index contributed by atoms with van der Waals surface area (Å²) in [6, 6.07) is 14.3. The van der Waals surface area contributed by atoms with E-state index in [4.69, 9.17) is 5.73 Å². The molecule has 0 spiro atoms. The van der Waals surface area contributed by atoms with Crippen LogP contribution in [0.2, 0.25) is 0 Å². The lowest BCUT2D eigenvalue weighted by Gasteiger charge is -2.10. The number of benzene rings is 2. The lowest BCUT2D eigenvalue weighted by atomic mass is 10.1. The summed E-state index contributed by atoms with van der Waals surface area (Å²) in [6.07, 6.45) is 0.821. The predicted octanol–water partition coefficient (Wildman–Crippen LogP) is 2.44. The van der Waals surface area contributed by atoms with Crippen LogP contribution in [0.3, 0.4) is 0 Å². The van der Waals surface area contributed by atoms with Crippen molar-refractivity contribution in [3.8, 4) is 0 Å². The predicted molar refractivity (Wildman–Crippen MR) is 90.5 cm³/mol. The minimum atomic E-state index is -0.345. The SMILES string of the molecule is CC(NCCc1ccc(NCc2cccc(F)c2)cc1)C(N)=O. The number of amides is 1. The molecule has 0 aromatic heterocycles. The second-order valence-electron chi connectivity index (χ2n) is 5.51. The molecule has 4 N–H and O–H groups in total. The summed E-state index contributed by atoms with van der Waals surface area (Å²) in [7, 11) is 0. The van der Waals surface area contributed by atoms with Crippen LogP contribution in [0, 0.1) is 5.82 Å². The highest BCUT2D eigenvalue weighted by Gasteiger charge is 2.06. The van der Waals surface area contributed by atoms with Gasteiger partial charge in [0.25, 0.3) is 0 Å². The van der Waals surface area contributed by atoms with Crippen LogP contribution in [0.4, 0.5) is 10.1 Å². The number of carbonyl (C=O) groups is 1. The standard InChI is InChI=1S/C18H22FN3O/c1-13(18(20)23)21-10-9-14-5-7-17(8-6-14)22-12-15-3-2-4-16(19)11-15/h2-8,11,13,21-22H,9-10,12H2,1H3,(H2,20,23). The van der Waals surface area contributed by atoms with E-state index in [2.05, 4.69) is 10.6 Å². The minimum Gasteiger partial charge on any atom is -0.381 e. The van der Waals surface area contributed by atoms with Crippen LogP contribution >= 0.6 is 0 Å². The van der Waals surface area contributed by atoms with E-state index in [0.29, 0.717) is 13.1 Å². The van der Waals surface area contributed by atoms with Gasteiger partial charge in [-0.1, -0.05) is 24.3 Å². The monoisotopic (exact) mass is 315 g/mol. The van der Waals surface area contributed by atoms with Crippen molar-refractivity contribution >= 4 is 11.6 Å². The zero-order valence-corrected chi connectivity index (χ0v) is 13.2. The molecule has 0 saturated carbocycles. The van der Waals surface area contributed by atoms with Gasteiger partial charge in [0.15, 0.2) is 0 Å². The van der Waals surface area contributed by atoms with Gasteiger partial charge in [0, 0.05) is 12.2 Å². The molecule has 0 bridgehead atoms. The van der Waals surface area contributed by atoms with Gasteiger partial charge < -0.3 is 16.4 Å². The molecule has 0 aliphatic rings. The van der Waals surface area contributed by atoms with Crippen LogP contribution < -0.4 is 16.4 Å². The highest BCUT2D eigenvalue weighted by Crippen LogP contribution is 2.12. The van der Waals surface area contributed by atoms with Gasteiger partial charge in [-0.3, -0.25) is 4.79 Å². The van der Waals surface area contributed by atoms with Crippen molar-refractivity contribution in [1.29, 1.82) is 0 Å². The molecule has 1 atom stereocenters. The highest BCUT2D eigenvalue weighted by atomic mass is 19.1. The molecular weight excluding hydrogens is 293 g/mol. The first-order chi connectivity index (χ1) is 11.0. The molecule has 4 nitrogen and oxygen atoms in total. The van der Waals surface area contributed by atoms with Crippen molar-refractivity contribution in [3.63, 3.8) is 0 Å². The van der Waals surface area contributed by atoms with Gasteiger partial charge >= 0.3 is 0 Å². The lowest BCUT2D eigenvalue weighted by Crippen LogP contribution is -2.39. The summed E-state index contributed by atoms with van der Waals surface area (Å²) in [4.78, 5) is 10.9. The summed E-state index contributed by atoms with van der Waals surface area (Å²) >= 11 is 0. The van der Waals surface area contributed by atoms with Gasteiger partial charge in [-0.25, -0.2) is 4.39 Å². The average Bonchev–Trinajstić information content (AvgIpc) is 2.54. The smallest absolute Gasteiger partial charge is 0.234 e. The zero-order chi connectivity index (χ0) is 16.7. The Kier molecular flexibility index (Phi) is 6.11. The van der Waals surface area contributed by atoms with E-state index >= 15 is 0 Å². The van der Waals surface area contributed by atoms with Crippen LogP contribution in [0.1, 0.15) is 18.1 Å². The Morgan fingerprint density at radius 3 is 2.57 bits per heavy atom. The molecule has 2 aromatic carbocycles. The topological polar surface area (TPSA) is 67.2 Å². The molecule has 122 valence electrons. The van der Waals surface area contributed by atoms with E-state index in [1.54, 1.807) is 13.0 Å². The van der Waals surface area contributed by atoms with Gasteiger partial charge in [0.05, 0.1) is 6.04 Å². The summed E-state index contributed by atoms with van der Waals surface area (Å²) in [5.41, 5.74) is 8.25. The summed E-state index contributed by atoms with van der Waals surface area (Å²) in [5, 5.41) is 6.33. The maximum absolute atomic E-state index is 13.1. The second kappa shape index (κ2) is 8.29. The van der Waals surface area contributed by atoms with Crippen molar-refractivity contribution in [2.24, 2.45) is 5.73 Å². The van der Waals surface area contributed by atoms with Gasteiger partial charge in [0.2, 0.25) is 5.91 Å². The number of rotatable bonds is 8. The third kappa shape index (κ3) is 5.71. The first-order valence-electron chi connectivity index (χ1n) is 7.64. The van der Waals surface area contributed by atoms with E-state index < -0.39 is 0 Å². The molecular formula is C18H22FN3O. The normalized spacial score (nSPS) is 11.9. The highest BCUT2D eigenvalue weighted by molar-refractivity contribution is 5.79. The van der Waals surface area contributed by atoms with Crippen LogP contribution in [0.15, 0.2) is 48.5 Å². The number of nitrogens with two attached hydrogens (primary N) is 1. The Hall–Kier alpha value is -2.40. The summed E-state index contributed by atoms with van der Waals surface area (Å²) < 4.78 is 13.1. The molecule has 2 rings (SSSR count). The van der Waals surface area contributed by atoms with Gasteiger partial charge in [0.1, 0.15) is 5.82 Å². The van der Waals surface area contributed by atoms with E-state index in [1.165, 1.54) is 17.7 Å². The van der Waals surface area contributed by atoms with Crippen molar-refractivity contribution in [3.05, 3.63) is 65.5 Å². The number of anilines is 1. The van der Waals surface area contributed by atoms with Crippen molar-refractivity contribution in [2.75, 3.05) is 11.9 Å². The first-order valence-corrected chi connectivity index (χ1v) is 7.64. The zero-order valence-electron chi connectivity index (χ0n) is 13.2. The van der Waals surface area contributed by atoms with Crippen LogP contribution in [0.5, 0.6) is 0 Å². The summed E-state index contributed by atoms with van der Waals surface area (Å²) in [6.45, 7) is 3.02. The second-order valence-corrected chi connectivity index (χ2v) is 5.51. The third-order valence-corrected chi connectivity index (χ3v) is 3.63. The third-order valence-electron chi connectivity index (χ3n) is 3.63. The lowest BCUT2D eigenvalue weighted by molar-refractivity contribution is -0.119. The van der Waals surface area contributed by atoms with Crippen LogP contribution in [-0.2, 0) is 17.8 Å². The van der Waals surface area contributed by atoms with Crippen molar-refractivity contribution in [2.45, 2.75) is 25.9 Å². The summed E-state index contributed by atoms with van der Waals surface area (Å²) in [5.74, 6) is -0.570. The quantitative estimate of drug-likeness (QED) is 0.701. The molecule has 0 radical (unpaired) electrons. The van der Waals surface area contributed by atoms with E-state index in [0.717, 1.165) is 17.7 Å². The van der Waals surface area contributed by atoms with Crippen molar-refractivity contribution in [1.82, 2.24) is 5.32 Å². The van der Waals surface area contributed by atoms with Gasteiger partial charge in [-0.2, -0.15) is 0 Å². The van der Waals surface area contributed by atoms with Crippen LogP contribution in [0.25, 0.3) is 0 Å². The molecule has 0 heterocycles. The average molecular weight is 315 g/mol. The van der Waals surface area contributed by atoms with E-state index in [-0.39, 0.29) is 17.8 Å². The van der Waals surface area contributed by atoms with Gasteiger partial charge in [-0.15, -0.1) is 0 Å². The Bertz CT molecular complexity index is 643. The maximum Gasteiger partial charge on any atom is 0.234 e. The fraction of sp³-hybridized carbons (Fsp3) is 0.278. The molecule has 0 saturated heterocycles. The molecule has 1 amide bonds. The van der Waals surface area contributed by atoms with E-state index in [1.807, 2.05) is 30.3 Å². The molecule has 23 heavy (non-hydrogen) atoms. The largest absolute Gasteiger partial charge is 0.381 e. The number of primary amides is 1.